The van der Waals surface area contributed by atoms with E-state index in [1.165, 1.54) is 5.12 Å². The SMILES string of the molecule is CC(C(=O)O)(c1ccccc1)N1N=CC=CN1. The van der Waals surface area contributed by atoms with E-state index >= 15 is 0 Å². The van der Waals surface area contributed by atoms with E-state index in [2.05, 4.69) is 10.5 Å². The van der Waals surface area contributed by atoms with E-state index in [-0.39, 0.29) is 0 Å². The van der Waals surface area contributed by atoms with Crippen LogP contribution in [-0.4, -0.2) is 22.4 Å². The summed E-state index contributed by atoms with van der Waals surface area (Å²) in [5.74, 6) is -0.969. The number of hydrogen-bond acceptors (Lipinski definition) is 4. The molecule has 0 aliphatic carbocycles. The molecule has 2 rings (SSSR count). The molecule has 0 radical (unpaired) electrons. The second kappa shape index (κ2) is 4.29. The highest BCUT2D eigenvalue weighted by atomic mass is 16.4. The van der Waals surface area contributed by atoms with Crippen LogP contribution in [-0.2, 0) is 10.3 Å². The minimum Gasteiger partial charge on any atom is -0.479 e. The zero-order valence-electron chi connectivity index (χ0n) is 9.37. The van der Waals surface area contributed by atoms with Gasteiger partial charge in [-0.1, -0.05) is 30.3 Å². The number of benzene rings is 1. The van der Waals surface area contributed by atoms with E-state index in [0.29, 0.717) is 5.56 Å². The average molecular weight is 231 g/mol. The summed E-state index contributed by atoms with van der Waals surface area (Å²) in [7, 11) is 0. The molecule has 1 heterocycles. The van der Waals surface area contributed by atoms with E-state index in [1.54, 1.807) is 49.7 Å². The van der Waals surface area contributed by atoms with Crippen LogP contribution >= 0.6 is 0 Å². The number of carbonyl (C=O) groups is 1. The zero-order valence-corrected chi connectivity index (χ0v) is 9.37. The molecule has 0 spiro atoms. The Morgan fingerprint density at radius 3 is 2.65 bits per heavy atom. The number of nitrogens with one attached hydrogen (secondary N) is 1. The summed E-state index contributed by atoms with van der Waals surface area (Å²) in [6.45, 7) is 1.61. The Hall–Kier alpha value is -2.30. The molecule has 5 heteroatoms. The molecule has 1 atom stereocenters. The van der Waals surface area contributed by atoms with Gasteiger partial charge in [-0.25, -0.2) is 4.79 Å². The van der Waals surface area contributed by atoms with Crippen molar-refractivity contribution in [2.75, 3.05) is 0 Å². The third-order valence-electron chi connectivity index (χ3n) is 2.74. The second-order valence-electron chi connectivity index (χ2n) is 3.81. The van der Waals surface area contributed by atoms with Gasteiger partial charge in [-0.15, -0.1) is 0 Å². The molecule has 0 saturated carbocycles. The number of hydrogen-bond donors (Lipinski definition) is 2. The normalized spacial score (nSPS) is 17.4. The van der Waals surface area contributed by atoms with Crippen LogP contribution in [0.1, 0.15) is 12.5 Å². The molecule has 0 fully saturated rings. The van der Waals surface area contributed by atoms with Crippen molar-refractivity contribution in [2.24, 2.45) is 5.10 Å². The Balaban J connectivity index is 2.43. The van der Waals surface area contributed by atoms with Gasteiger partial charge in [0.1, 0.15) is 0 Å². The van der Waals surface area contributed by atoms with Crippen LogP contribution in [0.3, 0.4) is 0 Å². The Labute approximate surface area is 99.0 Å². The number of carboxylic acids is 1. The predicted molar refractivity (Wildman–Crippen MR) is 64.0 cm³/mol. The van der Waals surface area contributed by atoms with Gasteiger partial charge in [0.15, 0.2) is 5.54 Å². The van der Waals surface area contributed by atoms with Gasteiger partial charge in [-0.3, -0.25) is 5.43 Å². The second-order valence-corrected chi connectivity index (χ2v) is 3.81. The smallest absolute Gasteiger partial charge is 0.337 e. The van der Waals surface area contributed by atoms with Gasteiger partial charge in [-0.2, -0.15) is 10.2 Å². The van der Waals surface area contributed by atoms with Gasteiger partial charge < -0.3 is 5.11 Å². The van der Waals surface area contributed by atoms with E-state index in [9.17, 15) is 9.90 Å². The maximum Gasteiger partial charge on any atom is 0.337 e. The molecule has 0 saturated heterocycles. The van der Waals surface area contributed by atoms with Gasteiger partial charge in [0, 0.05) is 6.20 Å². The molecule has 1 aliphatic heterocycles. The summed E-state index contributed by atoms with van der Waals surface area (Å²) in [6, 6.07) is 8.99. The maximum atomic E-state index is 11.5. The lowest BCUT2D eigenvalue weighted by Gasteiger charge is -2.36. The number of hydrazone groups is 1. The minimum absolute atomic E-state index is 0.660. The van der Waals surface area contributed by atoms with Crippen molar-refractivity contribution in [3.05, 3.63) is 48.2 Å². The molecular formula is C12H13N3O2. The third kappa shape index (κ3) is 1.87. The molecule has 1 aliphatic rings. The molecular weight excluding hydrogens is 218 g/mol. The Morgan fingerprint density at radius 2 is 2.12 bits per heavy atom. The quantitative estimate of drug-likeness (QED) is 0.823. The van der Waals surface area contributed by atoms with Crippen LogP contribution < -0.4 is 5.43 Å². The van der Waals surface area contributed by atoms with Crippen molar-refractivity contribution in [1.82, 2.24) is 10.5 Å². The highest BCUT2D eigenvalue weighted by Gasteiger charge is 2.42. The number of hydrazine groups is 1. The zero-order chi connectivity index (χ0) is 12.3. The first kappa shape index (κ1) is 11.2. The van der Waals surface area contributed by atoms with Crippen molar-refractivity contribution in [3.8, 4) is 0 Å². The lowest BCUT2D eigenvalue weighted by Crippen LogP contribution is -2.52. The topological polar surface area (TPSA) is 64.9 Å². The summed E-state index contributed by atoms with van der Waals surface area (Å²) in [6.07, 6.45) is 4.88. The molecule has 1 aromatic carbocycles. The summed E-state index contributed by atoms with van der Waals surface area (Å²) < 4.78 is 0. The molecule has 17 heavy (non-hydrogen) atoms. The monoisotopic (exact) mass is 231 g/mol. The summed E-state index contributed by atoms with van der Waals surface area (Å²) in [5, 5.41) is 14.8. The number of aliphatic carboxylic acids is 1. The Bertz CT molecular complexity index is 470. The summed E-state index contributed by atoms with van der Waals surface area (Å²) in [4.78, 5) is 11.5. The maximum absolute atomic E-state index is 11.5. The summed E-state index contributed by atoms with van der Waals surface area (Å²) >= 11 is 0. The summed E-state index contributed by atoms with van der Waals surface area (Å²) in [5.41, 5.74) is 2.23. The van der Waals surface area contributed by atoms with E-state index in [4.69, 9.17) is 0 Å². The van der Waals surface area contributed by atoms with Gasteiger partial charge in [0.25, 0.3) is 0 Å². The van der Waals surface area contributed by atoms with Gasteiger partial charge in [0.05, 0.1) is 6.21 Å². The lowest BCUT2D eigenvalue weighted by molar-refractivity contribution is -0.153. The molecule has 2 N–H and O–H groups in total. The molecule has 88 valence electrons. The van der Waals surface area contributed by atoms with Crippen molar-refractivity contribution in [1.29, 1.82) is 0 Å². The molecule has 5 nitrogen and oxygen atoms in total. The first-order valence-corrected chi connectivity index (χ1v) is 5.20. The molecule has 0 aromatic heterocycles. The largest absolute Gasteiger partial charge is 0.479 e. The minimum atomic E-state index is -1.25. The number of rotatable bonds is 3. The van der Waals surface area contributed by atoms with Crippen LogP contribution in [0.4, 0.5) is 0 Å². The first-order chi connectivity index (χ1) is 8.15. The van der Waals surface area contributed by atoms with Crippen LogP contribution in [0.5, 0.6) is 0 Å². The first-order valence-electron chi connectivity index (χ1n) is 5.20. The lowest BCUT2D eigenvalue weighted by atomic mass is 9.92. The van der Waals surface area contributed by atoms with Gasteiger partial charge in [-0.05, 0) is 18.6 Å². The highest BCUT2D eigenvalue weighted by Crippen LogP contribution is 2.28. The fourth-order valence-electron chi connectivity index (χ4n) is 1.64. The standard InChI is InChI=1S/C12H13N3O2/c1-12(11(16)17,10-6-3-2-4-7-10)15-13-8-5-9-14-15/h2-9,13H,1H3,(H,16,17). The fraction of sp³-hybridized carbons (Fsp3) is 0.167. The van der Waals surface area contributed by atoms with E-state index in [0.717, 1.165) is 0 Å². The van der Waals surface area contributed by atoms with Crippen molar-refractivity contribution >= 4 is 12.2 Å². The van der Waals surface area contributed by atoms with Gasteiger partial charge >= 0.3 is 5.97 Å². The predicted octanol–water partition coefficient (Wildman–Crippen LogP) is 1.31. The molecule has 1 unspecified atom stereocenters. The highest BCUT2D eigenvalue weighted by molar-refractivity contribution is 5.81. The molecule has 1 aromatic rings. The van der Waals surface area contributed by atoms with Crippen LogP contribution in [0.2, 0.25) is 0 Å². The van der Waals surface area contributed by atoms with Crippen molar-refractivity contribution in [3.63, 3.8) is 0 Å². The Morgan fingerprint density at radius 1 is 1.41 bits per heavy atom. The van der Waals surface area contributed by atoms with Crippen LogP contribution in [0.15, 0.2) is 47.7 Å². The molecule has 0 amide bonds. The van der Waals surface area contributed by atoms with Crippen molar-refractivity contribution < 1.29 is 9.90 Å². The number of allylic oxidation sites excluding steroid dienone is 1. The number of nitrogens with zero attached hydrogens (tertiary/aromatic N) is 2. The van der Waals surface area contributed by atoms with Crippen LogP contribution in [0.25, 0.3) is 0 Å². The van der Waals surface area contributed by atoms with E-state index in [1.807, 2.05) is 6.07 Å². The van der Waals surface area contributed by atoms with E-state index < -0.39 is 11.5 Å². The van der Waals surface area contributed by atoms with Gasteiger partial charge in [0.2, 0.25) is 0 Å². The van der Waals surface area contributed by atoms with Crippen LogP contribution in [0, 0.1) is 0 Å². The number of carboxylic acid groups (broad SMARTS) is 1. The third-order valence-corrected chi connectivity index (χ3v) is 2.74. The average Bonchev–Trinajstić information content (AvgIpc) is 2.39. The Kier molecular flexibility index (Phi) is 2.82. The molecule has 0 bridgehead atoms. The fourth-order valence-corrected chi connectivity index (χ4v) is 1.64. The van der Waals surface area contributed by atoms with Crippen molar-refractivity contribution in [2.45, 2.75) is 12.5 Å².